The maximum absolute atomic E-state index is 13.5. The minimum atomic E-state index is -5.14. The van der Waals surface area contributed by atoms with Crippen LogP contribution in [0.5, 0.6) is 0 Å². The van der Waals surface area contributed by atoms with Crippen LogP contribution in [-0.2, 0) is 26.0 Å². The second kappa shape index (κ2) is 8.53. The molecule has 0 unspecified atom stereocenters. The van der Waals surface area contributed by atoms with Gasteiger partial charge in [-0.3, -0.25) is 0 Å². The first-order valence-corrected chi connectivity index (χ1v) is 12.5. The van der Waals surface area contributed by atoms with Gasteiger partial charge in [-0.15, -0.1) is 0 Å². The molecule has 0 saturated carbocycles. The molecule has 8 nitrogen and oxygen atoms in total. The molecule has 14 heteroatoms. The lowest BCUT2D eigenvalue weighted by atomic mass is 10.1. The molecule has 0 bridgehead atoms. The summed E-state index contributed by atoms with van der Waals surface area (Å²) < 4.78 is 93.3. The largest absolute Gasteiger partial charge is 0.417 e. The fourth-order valence-corrected chi connectivity index (χ4v) is 7.40. The minimum absolute atomic E-state index is 0.211. The van der Waals surface area contributed by atoms with Gasteiger partial charge in [-0.25, -0.2) is 16.8 Å². The average molecular weight is 525 g/mol. The summed E-state index contributed by atoms with van der Waals surface area (Å²) in [6.45, 7) is -3.06. The monoisotopic (exact) mass is 524 g/mol. The van der Waals surface area contributed by atoms with Gasteiger partial charge in [0.15, 0.2) is 9.84 Å². The number of nitriles is 1. The van der Waals surface area contributed by atoms with Crippen molar-refractivity contribution in [2.24, 2.45) is 0 Å². The van der Waals surface area contributed by atoms with E-state index in [-0.39, 0.29) is 9.92 Å². The number of rotatable bonds is 5. The second-order valence-corrected chi connectivity index (χ2v) is 11.8. The average Bonchev–Trinajstić information content (AvgIpc) is 3.13. The normalized spacial score (nSPS) is 22.3. The third-order valence-corrected chi connectivity index (χ3v) is 9.63. The number of alkyl halides is 3. The molecule has 1 fully saturated rings. The highest BCUT2D eigenvalue weighted by Crippen LogP contribution is 2.39. The lowest BCUT2D eigenvalue weighted by Gasteiger charge is -2.26. The number of benzene rings is 2. The Morgan fingerprint density at radius 2 is 1.76 bits per heavy atom. The fraction of sp³-hybridized carbons (Fsp3) is 0.316. The Labute approximate surface area is 192 Å². The van der Waals surface area contributed by atoms with Gasteiger partial charge in [0.05, 0.1) is 33.6 Å². The minimum Gasteiger partial charge on any atom is -0.393 e. The lowest BCUT2D eigenvalue weighted by Crippen LogP contribution is -2.49. The molecule has 0 amide bonds. The maximum atomic E-state index is 13.5. The second-order valence-electron chi connectivity index (χ2n) is 7.37. The Bertz CT molecular complexity index is 1320. The standard InChI is InChI=1S/C19H16ClF3N2O6S2/c20-13-2-4-14(5-3-13)32(28,29)17-9-25(10-18(17,27)11-26)33(30,31)16-6-1-12(8-24)7-15(16)19(21,22)23/h1-7,17,26-27H,9-11H2/t17-,18+/m0/s1. The molecule has 2 N–H and O–H groups in total. The fourth-order valence-electron chi connectivity index (χ4n) is 3.52. The Hall–Kier alpha value is -2.21. The molecule has 0 aromatic heterocycles. The number of nitrogens with zero attached hydrogens (tertiary/aromatic N) is 2. The highest BCUT2D eigenvalue weighted by molar-refractivity contribution is 7.92. The summed E-state index contributed by atoms with van der Waals surface area (Å²) in [7, 11) is -9.43. The number of hydrogen-bond acceptors (Lipinski definition) is 7. The van der Waals surface area contributed by atoms with Crippen LogP contribution < -0.4 is 0 Å². The summed E-state index contributed by atoms with van der Waals surface area (Å²) in [5.41, 5.74) is -4.54. The highest BCUT2D eigenvalue weighted by atomic mass is 35.5. The number of sulfonamides is 1. The molecular weight excluding hydrogens is 509 g/mol. The van der Waals surface area contributed by atoms with Crippen molar-refractivity contribution < 1.29 is 40.2 Å². The van der Waals surface area contributed by atoms with Gasteiger partial charge in [0.2, 0.25) is 10.0 Å². The van der Waals surface area contributed by atoms with E-state index in [4.69, 9.17) is 16.9 Å². The van der Waals surface area contributed by atoms with E-state index in [9.17, 15) is 40.2 Å². The van der Waals surface area contributed by atoms with Gasteiger partial charge in [0, 0.05) is 18.1 Å². The van der Waals surface area contributed by atoms with Crippen LogP contribution in [-0.4, -0.2) is 61.9 Å². The lowest BCUT2D eigenvalue weighted by molar-refractivity contribution is -0.139. The van der Waals surface area contributed by atoms with Crippen molar-refractivity contribution in [3.8, 4) is 6.07 Å². The zero-order valence-corrected chi connectivity index (χ0v) is 18.9. The van der Waals surface area contributed by atoms with Crippen LogP contribution in [0.4, 0.5) is 13.2 Å². The van der Waals surface area contributed by atoms with Crippen molar-refractivity contribution in [2.45, 2.75) is 26.8 Å². The third kappa shape index (κ3) is 4.59. The van der Waals surface area contributed by atoms with E-state index in [1.165, 1.54) is 18.2 Å². The Morgan fingerprint density at radius 3 is 2.27 bits per heavy atom. The molecule has 33 heavy (non-hydrogen) atoms. The Morgan fingerprint density at radius 1 is 1.15 bits per heavy atom. The molecule has 178 valence electrons. The predicted molar refractivity (Wildman–Crippen MR) is 109 cm³/mol. The Balaban J connectivity index is 2.09. The van der Waals surface area contributed by atoms with Crippen LogP contribution in [0.25, 0.3) is 0 Å². The van der Waals surface area contributed by atoms with E-state index >= 15 is 0 Å². The highest BCUT2D eigenvalue weighted by Gasteiger charge is 2.55. The van der Waals surface area contributed by atoms with Crippen LogP contribution in [0, 0.1) is 11.3 Å². The van der Waals surface area contributed by atoms with E-state index in [1.807, 2.05) is 0 Å². The SMILES string of the molecule is N#Cc1ccc(S(=O)(=O)N2C[C@H](S(=O)(=O)c3ccc(Cl)cc3)[C@](O)(CO)C2)c(C(F)(F)F)c1. The molecule has 1 aliphatic rings. The van der Waals surface area contributed by atoms with E-state index < -0.39 is 72.6 Å². The molecule has 2 aromatic carbocycles. The van der Waals surface area contributed by atoms with Crippen molar-refractivity contribution in [3.63, 3.8) is 0 Å². The molecule has 1 saturated heterocycles. The summed E-state index contributed by atoms with van der Waals surface area (Å²) >= 11 is 5.75. The third-order valence-electron chi connectivity index (χ3n) is 5.24. The summed E-state index contributed by atoms with van der Waals surface area (Å²) in [6.07, 6.45) is -5.14. The van der Waals surface area contributed by atoms with Gasteiger partial charge in [0.1, 0.15) is 10.9 Å². The first-order chi connectivity index (χ1) is 15.2. The topological polar surface area (TPSA) is 136 Å². The number of sulfone groups is 1. The quantitative estimate of drug-likeness (QED) is 0.608. The van der Waals surface area contributed by atoms with Crippen molar-refractivity contribution in [1.82, 2.24) is 4.31 Å². The van der Waals surface area contributed by atoms with E-state index in [0.717, 1.165) is 18.2 Å². The van der Waals surface area contributed by atoms with Gasteiger partial charge in [-0.2, -0.15) is 22.7 Å². The van der Waals surface area contributed by atoms with Gasteiger partial charge >= 0.3 is 6.18 Å². The first-order valence-electron chi connectivity index (χ1n) is 9.11. The molecule has 2 atom stereocenters. The Kier molecular flexibility index (Phi) is 6.57. The van der Waals surface area contributed by atoms with Crippen molar-refractivity contribution in [2.75, 3.05) is 19.7 Å². The summed E-state index contributed by atoms with van der Waals surface area (Å²) in [5.74, 6) is 0. The predicted octanol–water partition coefficient (Wildman–Crippen LogP) is 1.80. The molecule has 1 aliphatic heterocycles. The summed E-state index contributed by atoms with van der Waals surface area (Å²) in [5, 5.41) is 27.7. The zero-order valence-electron chi connectivity index (χ0n) is 16.5. The molecule has 0 spiro atoms. The number of halogens is 4. The van der Waals surface area contributed by atoms with Crippen LogP contribution in [0.3, 0.4) is 0 Å². The summed E-state index contributed by atoms with van der Waals surface area (Å²) in [6, 6.07) is 8.06. The van der Waals surface area contributed by atoms with E-state index in [2.05, 4.69) is 0 Å². The maximum Gasteiger partial charge on any atom is 0.417 e. The van der Waals surface area contributed by atoms with Crippen molar-refractivity contribution >= 4 is 31.5 Å². The molecule has 0 radical (unpaired) electrons. The van der Waals surface area contributed by atoms with Crippen LogP contribution in [0.2, 0.25) is 5.02 Å². The number of aliphatic hydroxyl groups excluding tert-OH is 1. The van der Waals surface area contributed by atoms with Crippen LogP contribution in [0.1, 0.15) is 11.1 Å². The van der Waals surface area contributed by atoms with Crippen LogP contribution >= 0.6 is 11.6 Å². The van der Waals surface area contributed by atoms with Gasteiger partial charge in [-0.05, 0) is 42.5 Å². The van der Waals surface area contributed by atoms with E-state index in [1.54, 1.807) is 0 Å². The van der Waals surface area contributed by atoms with Gasteiger partial charge in [-0.1, -0.05) is 11.6 Å². The molecule has 1 heterocycles. The van der Waals surface area contributed by atoms with Crippen molar-refractivity contribution in [3.05, 3.63) is 58.6 Å². The molecular formula is C19H16ClF3N2O6S2. The van der Waals surface area contributed by atoms with Crippen LogP contribution in [0.15, 0.2) is 52.3 Å². The molecule has 3 rings (SSSR count). The summed E-state index contributed by atoms with van der Waals surface area (Å²) in [4.78, 5) is -1.53. The van der Waals surface area contributed by atoms with Gasteiger partial charge in [0.25, 0.3) is 0 Å². The number of β-amino-alcohol motifs (C(OH)–C–C–N with tert-alkyl or cyclic N) is 1. The van der Waals surface area contributed by atoms with Gasteiger partial charge < -0.3 is 10.2 Å². The molecule has 0 aliphatic carbocycles. The number of aliphatic hydroxyl groups is 2. The van der Waals surface area contributed by atoms with Crippen molar-refractivity contribution in [1.29, 1.82) is 5.26 Å². The smallest absolute Gasteiger partial charge is 0.393 e. The first kappa shape index (κ1) is 25.4. The number of hydrogen-bond donors (Lipinski definition) is 2. The zero-order chi connectivity index (χ0) is 24.8. The molecule has 2 aromatic rings. The van der Waals surface area contributed by atoms with E-state index in [0.29, 0.717) is 16.4 Å².